The zero-order valence-corrected chi connectivity index (χ0v) is 16.4. The van der Waals surface area contributed by atoms with E-state index < -0.39 is 0 Å². The molecule has 1 heterocycles. The van der Waals surface area contributed by atoms with E-state index in [0.29, 0.717) is 23.9 Å². The van der Waals surface area contributed by atoms with Crippen LogP contribution in [-0.2, 0) is 0 Å². The fourth-order valence-electron chi connectivity index (χ4n) is 2.34. The molecule has 0 unspecified atom stereocenters. The minimum atomic E-state index is -0.237. The number of rotatable bonds is 7. The average Bonchev–Trinajstić information content (AvgIpc) is 3.18. The molecule has 3 aromatic rings. The lowest BCUT2D eigenvalue weighted by atomic mass is 10.2. The first kappa shape index (κ1) is 18.9. The Morgan fingerprint density at radius 2 is 1.74 bits per heavy atom. The number of carbonyl (C=O) groups is 1. The van der Waals surface area contributed by atoms with Crippen molar-refractivity contribution < 1.29 is 14.3 Å². The molecule has 6 heteroatoms. The number of hydrogen-bond donors (Lipinski definition) is 1. The van der Waals surface area contributed by atoms with Gasteiger partial charge in [0.05, 0.1) is 13.7 Å². The molecule has 27 heavy (non-hydrogen) atoms. The number of aromatic nitrogens is 1. The predicted molar refractivity (Wildman–Crippen MR) is 109 cm³/mol. The summed E-state index contributed by atoms with van der Waals surface area (Å²) in [6.45, 7) is 4.91. The summed E-state index contributed by atoms with van der Waals surface area (Å²) in [6.07, 6.45) is 0. The lowest BCUT2D eigenvalue weighted by molar-refractivity contribution is 0.102. The van der Waals surface area contributed by atoms with Crippen molar-refractivity contribution in [1.29, 1.82) is 0 Å². The molecule has 1 amide bonds. The van der Waals surface area contributed by atoms with Gasteiger partial charge in [0, 0.05) is 16.6 Å². The van der Waals surface area contributed by atoms with Gasteiger partial charge in [0.2, 0.25) is 0 Å². The summed E-state index contributed by atoms with van der Waals surface area (Å²) in [5, 5.41) is 5.40. The molecule has 0 aliphatic rings. The van der Waals surface area contributed by atoms with Gasteiger partial charge in [-0.25, -0.2) is 4.98 Å². The van der Waals surface area contributed by atoms with E-state index in [2.05, 4.69) is 24.1 Å². The maximum absolute atomic E-state index is 12.4. The Morgan fingerprint density at radius 3 is 2.37 bits per heavy atom. The van der Waals surface area contributed by atoms with Gasteiger partial charge in [-0.05, 0) is 54.4 Å². The van der Waals surface area contributed by atoms with E-state index in [9.17, 15) is 4.79 Å². The van der Waals surface area contributed by atoms with Crippen LogP contribution in [0.1, 0.15) is 24.3 Å². The van der Waals surface area contributed by atoms with Crippen molar-refractivity contribution in [1.82, 2.24) is 4.98 Å². The van der Waals surface area contributed by atoms with E-state index in [1.165, 1.54) is 11.3 Å². The number of benzene rings is 2. The Labute approximate surface area is 163 Å². The van der Waals surface area contributed by atoms with Crippen molar-refractivity contribution >= 4 is 22.9 Å². The molecule has 0 bridgehead atoms. The molecule has 1 aromatic heterocycles. The summed E-state index contributed by atoms with van der Waals surface area (Å²) in [5.41, 5.74) is 2.05. The number of thiazole rings is 1. The van der Waals surface area contributed by atoms with Gasteiger partial charge in [-0.15, -0.1) is 11.3 Å². The Hall–Kier alpha value is -2.86. The van der Waals surface area contributed by atoms with Crippen molar-refractivity contribution in [2.75, 3.05) is 19.0 Å². The summed E-state index contributed by atoms with van der Waals surface area (Å²) in [6, 6.07) is 14.9. The normalized spacial score (nSPS) is 10.7. The maximum Gasteiger partial charge on any atom is 0.275 e. The third kappa shape index (κ3) is 5.08. The highest BCUT2D eigenvalue weighted by molar-refractivity contribution is 7.13. The first-order chi connectivity index (χ1) is 13.0. The van der Waals surface area contributed by atoms with Gasteiger partial charge in [0.1, 0.15) is 22.2 Å². The zero-order valence-electron chi connectivity index (χ0n) is 15.6. The second kappa shape index (κ2) is 8.68. The van der Waals surface area contributed by atoms with Gasteiger partial charge in [-0.2, -0.15) is 0 Å². The van der Waals surface area contributed by atoms with Crippen LogP contribution >= 0.6 is 11.3 Å². The van der Waals surface area contributed by atoms with Crippen molar-refractivity contribution in [3.63, 3.8) is 0 Å². The number of carbonyl (C=O) groups excluding carboxylic acids is 1. The van der Waals surface area contributed by atoms with E-state index in [1.807, 2.05) is 24.3 Å². The highest BCUT2D eigenvalue weighted by Crippen LogP contribution is 2.26. The van der Waals surface area contributed by atoms with Crippen LogP contribution in [0.3, 0.4) is 0 Å². The van der Waals surface area contributed by atoms with Gasteiger partial charge >= 0.3 is 0 Å². The Morgan fingerprint density at radius 1 is 1.07 bits per heavy atom. The third-order valence-corrected chi connectivity index (χ3v) is 4.66. The van der Waals surface area contributed by atoms with Gasteiger partial charge in [-0.3, -0.25) is 4.79 Å². The van der Waals surface area contributed by atoms with Crippen molar-refractivity contribution in [3.8, 4) is 22.1 Å². The fourth-order valence-corrected chi connectivity index (χ4v) is 3.14. The number of methoxy groups -OCH3 is 1. The highest BCUT2D eigenvalue weighted by Gasteiger charge is 2.12. The topological polar surface area (TPSA) is 60.5 Å². The quantitative estimate of drug-likeness (QED) is 0.617. The van der Waals surface area contributed by atoms with Crippen LogP contribution in [0.4, 0.5) is 5.69 Å². The smallest absolute Gasteiger partial charge is 0.275 e. The second-order valence-electron chi connectivity index (χ2n) is 6.45. The SMILES string of the molecule is COc1ccc(NC(=O)c2csc(-c3ccc(OCC(C)C)cc3)n2)cc1. The molecule has 3 rings (SSSR count). The number of anilines is 1. The van der Waals surface area contributed by atoms with Crippen molar-refractivity contribution in [2.45, 2.75) is 13.8 Å². The van der Waals surface area contributed by atoms with Crippen LogP contribution in [-0.4, -0.2) is 24.6 Å². The molecular weight excluding hydrogens is 360 g/mol. The van der Waals surface area contributed by atoms with Crippen molar-refractivity contribution in [3.05, 3.63) is 59.6 Å². The Kier molecular flexibility index (Phi) is 6.08. The average molecular weight is 382 g/mol. The minimum Gasteiger partial charge on any atom is -0.497 e. The lowest BCUT2D eigenvalue weighted by Gasteiger charge is -2.08. The van der Waals surface area contributed by atoms with E-state index >= 15 is 0 Å². The van der Waals surface area contributed by atoms with Crippen LogP contribution < -0.4 is 14.8 Å². The van der Waals surface area contributed by atoms with Gasteiger partial charge in [0.15, 0.2) is 0 Å². The molecule has 1 N–H and O–H groups in total. The molecule has 0 fully saturated rings. The maximum atomic E-state index is 12.4. The van der Waals surface area contributed by atoms with Crippen LogP contribution in [0.2, 0.25) is 0 Å². The van der Waals surface area contributed by atoms with Gasteiger partial charge in [0.25, 0.3) is 5.91 Å². The minimum absolute atomic E-state index is 0.237. The fraction of sp³-hybridized carbons (Fsp3) is 0.238. The van der Waals surface area contributed by atoms with Gasteiger partial charge in [-0.1, -0.05) is 13.8 Å². The molecule has 2 aromatic carbocycles. The van der Waals surface area contributed by atoms with Crippen LogP contribution in [0.25, 0.3) is 10.6 Å². The molecule has 140 valence electrons. The molecule has 0 aliphatic heterocycles. The van der Waals surface area contributed by atoms with E-state index in [-0.39, 0.29) is 5.91 Å². The number of ether oxygens (including phenoxy) is 2. The van der Waals surface area contributed by atoms with E-state index in [0.717, 1.165) is 22.1 Å². The monoisotopic (exact) mass is 382 g/mol. The second-order valence-corrected chi connectivity index (χ2v) is 7.31. The first-order valence-electron chi connectivity index (χ1n) is 8.69. The summed E-state index contributed by atoms with van der Waals surface area (Å²) in [5.74, 6) is 1.82. The Bertz CT molecular complexity index is 887. The van der Waals surface area contributed by atoms with E-state index in [4.69, 9.17) is 9.47 Å². The third-order valence-electron chi connectivity index (χ3n) is 3.77. The largest absolute Gasteiger partial charge is 0.497 e. The molecule has 5 nitrogen and oxygen atoms in total. The Balaban J connectivity index is 1.65. The van der Waals surface area contributed by atoms with Crippen molar-refractivity contribution in [2.24, 2.45) is 5.92 Å². The number of nitrogens with one attached hydrogen (secondary N) is 1. The van der Waals surface area contributed by atoms with Crippen LogP contribution in [0.5, 0.6) is 11.5 Å². The standard InChI is InChI=1S/C21H22N2O3S/c1-14(2)12-26-18-8-4-15(5-9-18)21-23-19(13-27-21)20(24)22-16-6-10-17(25-3)11-7-16/h4-11,13-14H,12H2,1-3H3,(H,22,24). The number of amides is 1. The molecule has 0 aliphatic carbocycles. The summed E-state index contributed by atoms with van der Waals surface area (Å²) in [4.78, 5) is 16.9. The highest BCUT2D eigenvalue weighted by atomic mass is 32.1. The number of nitrogens with zero attached hydrogens (tertiary/aromatic N) is 1. The van der Waals surface area contributed by atoms with E-state index in [1.54, 1.807) is 36.8 Å². The predicted octanol–water partition coefficient (Wildman–Crippen LogP) is 5.11. The molecular formula is C21H22N2O3S. The lowest BCUT2D eigenvalue weighted by Crippen LogP contribution is -2.12. The summed E-state index contributed by atoms with van der Waals surface area (Å²) in [7, 11) is 1.60. The van der Waals surface area contributed by atoms with Gasteiger partial charge < -0.3 is 14.8 Å². The number of hydrogen-bond acceptors (Lipinski definition) is 5. The first-order valence-corrected chi connectivity index (χ1v) is 9.57. The molecule has 0 saturated heterocycles. The van der Waals surface area contributed by atoms with Crippen LogP contribution in [0.15, 0.2) is 53.9 Å². The molecule has 0 atom stereocenters. The summed E-state index contributed by atoms with van der Waals surface area (Å²) < 4.78 is 10.8. The zero-order chi connectivity index (χ0) is 19.2. The van der Waals surface area contributed by atoms with Crippen LogP contribution in [0, 0.1) is 5.92 Å². The molecule has 0 saturated carbocycles. The molecule has 0 radical (unpaired) electrons. The summed E-state index contributed by atoms with van der Waals surface area (Å²) >= 11 is 1.44. The molecule has 0 spiro atoms.